The minimum Gasteiger partial charge on any atom is -0.460 e. The monoisotopic (exact) mass is 354 g/mol. The summed E-state index contributed by atoms with van der Waals surface area (Å²) in [7, 11) is 0.889. The Bertz CT molecular complexity index is 424. The van der Waals surface area contributed by atoms with E-state index >= 15 is 0 Å². The molecule has 0 saturated carbocycles. The van der Waals surface area contributed by atoms with E-state index in [1.807, 2.05) is 0 Å². The maximum Gasteiger partial charge on any atom is 0.374 e. The van der Waals surface area contributed by atoms with Gasteiger partial charge in [0.1, 0.15) is 5.60 Å². The van der Waals surface area contributed by atoms with Crippen LogP contribution in [0.3, 0.4) is 0 Å². The lowest BCUT2D eigenvalue weighted by Crippen LogP contribution is -2.32. The van der Waals surface area contributed by atoms with Crippen molar-refractivity contribution >= 4 is 17.9 Å². The molecule has 0 aliphatic rings. The van der Waals surface area contributed by atoms with Gasteiger partial charge in [0.2, 0.25) is 12.3 Å². The van der Waals surface area contributed by atoms with E-state index in [1.165, 1.54) is 13.8 Å². The molecule has 0 aliphatic heterocycles. The molecule has 12 heteroatoms. The molecule has 0 amide bonds. The lowest BCUT2D eigenvalue weighted by Gasteiger charge is -2.14. The molecule has 0 bridgehead atoms. The summed E-state index contributed by atoms with van der Waals surface area (Å²) in [6.07, 6.45) is 0.661. The van der Waals surface area contributed by atoms with E-state index in [0.29, 0.717) is 6.42 Å². The van der Waals surface area contributed by atoms with Crippen LogP contribution in [0.2, 0.25) is 0 Å². The van der Waals surface area contributed by atoms with Crippen molar-refractivity contribution in [1.82, 2.24) is 0 Å². The van der Waals surface area contributed by atoms with E-state index in [9.17, 15) is 19.7 Å². The van der Waals surface area contributed by atoms with Gasteiger partial charge in [-0.3, -0.25) is 25.0 Å². The minimum absolute atomic E-state index is 0.250. The molecule has 1 atom stereocenters. The first-order chi connectivity index (χ1) is 10.8. The number of hydrogen-bond donors (Lipinski definition) is 1. The molecule has 0 aliphatic carbocycles. The Kier molecular flexibility index (Phi) is 22.4. The van der Waals surface area contributed by atoms with Crippen molar-refractivity contribution in [1.29, 1.82) is 0 Å². The lowest BCUT2D eigenvalue weighted by atomic mass is 10.1. The summed E-state index contributed by atoms with van der Waals surface area (Å²) in [5, 5.41) is 27.7. The largest absolute Gasteiger partial charge is 0.460 e. The summed E-state index contributed by atoms with van der Waals surface area (Å²) in [5.41, 5.74) is -1.14. The van der Waals surface area contributed by atoms with Crippen LogP contribution >= 0.6 is 0 Å². The van der Waals surface area contributed by atoms with Crippen LogP contribution in [0.25, 0.3) is 0 Å². The van der Waals surface area contributed by atoms with Gasteiger partial charge in [-0.25, -0.2) is 4.79 Å². The SMILES string of the molecule is CCC(C)(O)C[N+](=O)[O-].CCOC(=O)C(C)=O.C[N+](=O)[O-].O=C=O. The van der Waals surface area contributed by atoms with Crippen LogP contribution in [0.5, 0.6) is 0 Å². The highest BCUT2D eigenvalue weighted by molar-refractivity contribution is 6.32. The average molecular weight is 354 g/mol. The van der Waals surface area contributed by atoms with E-state index in [4.69, 9.17) is 24.8 Å². The highest BCUT2D eigenvalue weighted by atomic mass is 16.6. The van der Waals surface area contributed by atoms with Crippen molar-refractivity contribution in [2.75, 3.05) is 20.2 Å². The summed E-state index contributed by atoms with van der Waals surface area (Å²) >= 11 is 0. The molecule has 0 aromatic rings. The molecular weight excluding hydrogens is 332 g/mol. The number of nitrogens with zero attached hydrogens (tertiary/aromatic N) is 2. The number of carbonyl (C=O) groups excluding carboxylic acids is 4. The van der Waals surface area contributed by atoms with Crippen molar-refractivity contribution in [2.24, 2.45) is 0 Å². The van der Waals surface area contributed by atoms with Crippen LogP contribution in [0.1, 0.15) is 34.1 Å². The molecule has 0 saturated heterocycles. The van der Waals surface area contributed by atoms with Crippen LogP contribution in [0, 0.1) is 20.2 Å². The van der Waals surface area contributed by atoms with E-state index in [2.05, 4.69) is 4.74 Å². The van der Waals surface area contributed by atoms with Gasteiger partial charge in [-0.2, -0.15) is 9.59 Å². The third-order valence-corrected chi connectivity index (χ3v) is 1.79. The summed E-state index contributed by atoms with van der Waals surface area (Å²) in [5.74, 6) is -1.31. The molecule has 0 rings (SSSR count). The van der Waals surface area contributed by atoms with E-state index in [-0.39, 0.29) is 19.3 Å². The second-order valence-corrected chi connectivity index (χ2v) is 4.14. The Hall–Kier alpha value is -2.72. The van der Waals surface area contributed by atoms with Gasteiger partial charge in [-0.05, 0) is 20.3 Å². The zero-order valence-electron chi connectivity index (χ0n) is 14.1. The van der Waals surface area contributed by atoms with Gasteiger partial charge in [0.25, 0.3) is 0 Å². The first-order valence-electron chi connectivity index (χ1n) is 6.40. The first-order valence-corrected chi connectivity index (χ1v) is 6.40. The fourth-order valence-electron chi connectivity index (χ4n) is 0.623. The fourth-order valence-corrected chi connectivity index (χ4v) is 0.623. The number of ether oxygens (including phenoxy) is 1. The second-order valence-electron chi connectivity index (χ2n) is 4.14. The summed E-state index contributed by atoms with van der Waals surface area (Å²) in [6.45, 7) is 5.89. The van der Waals surface area contributed by atoms with Gasteiger partial charge >= 0.3 is 12.1 Å². The van der Waals surface area contributed by atoms with Crippen LogP contribution in [-0.2, 0) is 23.9 Å². The quantitative estimate of drug-likeness (QED) is 0.302. The Balaban J connectivity index is -0.000000122. The number of nitro groups is 2. The summed E-state index contributed by atoms with van der Waals surface area (Å²) in [4.78, 5) is 54.1. The second kappa shape index (κ2) is 18.3. The smallest absolute Gasteiger partial charge is 0.374 e. The van der Waals surface area contributed by atoms with E-state index in [0.717, 1.165) is 7.05 Å². The number of rotatable bonds is 5. The first kappa shape index (κ1) is 29.3. The molecule has 0 aromatic carbocycles. The fraction of sp³-hybridized carbons (Fsp3) is 0.750. The maximum absolute atomic E-state index is 10.2. The predicted molar refractivity (Wildman–Crippen MR) is 78.0 cm³/mol. The standard InChI is InChI=1S/C5H11NO3.C5H8O3.CH3NO2.CO2/c1-3-5(2,7)4-6(8)9;1-3-8-5(7)4(2)6;1-2(3)4;2-1-3/h7H,3-4H2,1-2H3;3H2,1-2H3;1H3;. The number of aliphatic hydroxyl groups is 1. The molecule has 24 heavy (non-hydrogen) atoms. The Morgan fingerprint density at radius 1 is 1.21 bits per heavy atom. The highest BCUT2D eigenvalue weighted by Gasteiger charge is 2.23. The minimum atomic E-state index is -1.14. The Morgan fingerprint density at radius 3 is 1.62 bits per heavy atom. The average Bonchev–Trinajstić information content (AvgIpc) is 2.38. The van der Waals surface area contributed by atoms with Crippen LogP contribution in [-0.4, -0.2) is 58.7 Å². The third-order valence-electron chi connectivity index (χ3n) is 1.79. The van der Waals surface area contributed by atoms with Crippen LogP contribution in [0.4, 0.5) is 0 Å². The highest BCUT2D eigenvalue weighted by Crippen LogP contribution is 2.06. The van der Waals surface area contributed by atoms with Crippen molar-refractivity contribution in [3.63, 3.8) is 0 Å². The van der Waals surface area contributed by atoms with Crippen LogP contribution < -0.4 is 0 Å². The normalized spacial score (nSPS) is 10.4. The third kappa shape index (κ3) is 42.7. The molecule has 0 radical (unpaired) electrons. The Labute approximate surface area is 138 Å². The van der Waals surface area contributed by atoms with Gasteiger partial charge in [0, 0.05) is 16.8 Å². The number of carbonyl (C=O) groups is 2. The molecule has 0 spiro atoms. The van der Waals surface area contributed by atoms with E-state index < -0.39 is 27.2 Å². The maximum atomic E-state index is 10.2. The van der Waals surface area contributed by atoms with Crippen molar-refractivity contribution in [2.45, 2.75) is 39.7 Å². The molecular formula is C12H22N2O10. The van der Waals surface area contributed by atoms with Gasteiger partial charge in [-0.1, -0.05) is 6.92 Å². The number of ketones is 1. The van der Waals surface area contributed by atoms with Crippen molar-refractivity contribution in [3.05, 3.63) is 20.2 Å². The molecule has 0 heterocycles. The summed E-state index contributed by atoms with van der Waals surface area (Å²) < 4.78 is 4.31. The van der Waals surface area contributed by atoms with E-state index in [1.54, 1.807) is 13.8 Å². The lowest BCUT2D eigenvalue weighted by molar-refractivity contribution is -0.499. The topological polar surface area (TPSA) is 184 Å². The van der Waals surface area contributed by atoms with Crippen molar-refractivity contribution in [3.8, 4) is 0 Å². The molecule has 0 aromatic heterocycles. The molecule has 1 N–H and O–H groups in total. The van der Waals surface area contributed by atoms with Gasteiger partial charge < -0.3 is 9.84 Å². The zero-order chi connectivity index (χ0) is 20.3. The molecule has 12 nitrogen and oxygen atoms in total. The van der Waals surface area contributed by atoms with Crippen LogP contribution in [0.15, 0.2) is 0 Å². The zero-order valence-corrected chi connectivity index (χ0v) is 14.1. The van der Waals surface area contributed by atoms with Gasteiger partial charge in [0.05, 0.1) is 6.61 Å². The number of Topliss-reactive ketones (excluding diaryl/α,β-unsaturated/α-hetero) is 1. The van der Waals surface area contributed by atoms with Gasteiger partial charge in [0.15, 0.2) is 7.05 Å². The van der Waals surface area contributed by atoms with Gasteiger partial charge in [-0.15, -0.1) is 0 Å². The molecule has 0 fully saturated rings. The number of hydrogen-bond acceptors (Lipinski definition) is 10. The van der Waals surface area contributed by atoms with Crippen molar-refractivity contribution < 1.29 is 38.9 Å². The molecule has 140 valence electrons. The number of esters is 1. The molecule has 1 unspecified atom stereocenters. The Morgan fingerprint density at radius 2 is 1.54 bits per heavy atom. The summed E-state index contributed by atoms with van der Waals surface area (Å²) in [6, 6.07) is 0. The predicted octanol–water partition coefficient (Wildman–Crippen LogP) is -0.128.